The summed E-state index contributed by atoms with van der Waals surface area (Å²) < 4.78 is 53.1. The number of esters is 1. The first-order chi connectivity index (χ1) is 17.2. The molecule has 1 heterocycles. The molecular weight excluding hydrogens is 535 g/mol. The van der Waals surface area contributed by atoms with Gasteiger partial charge in [0.05, 0.1) is 17.9 Å². The Hall–Kier alpha value is -3.13. The van der Waals surface area contributed by atoms with Crippen molar-refractivity contribution in [1.82, 2.24) is 4.98 Å². The van der Waals surface area contributed by atoms with Crippen LogP contribution in [0.25, 0.3) is 11.1 Å². The van der Waals surface area contributed by atoms with Crippen molar-refractivity contribution in [1.29, 1.82) is 0 Å². The van der Waals surface area contributed by atoms with Crippen molar-refractivity contribution >= 4 is 33.0 Å². The third-order valence-corrected chi connectivity index (χ3v) is 6.46. The molecule has 0 N–H and O–H groups in total. The summed E-state index contributed by atoms with van der Waals surface area (Å²) in [6.07, 6.45) is -2.65. The monoisotopic (exact) mass is 559 g/mol. The summed E-state index contributed by atoms with van der Waals surface area (Å²) in [7, 11) is 0. The molecule has 8 heteroatoms. The predicted octanol–water partition coefficient (Wildman–Crippen LogP) is 8.02. The molecule has 1 aromatic heterocycles. The standard InChI is InChI=1S/C28H25BrF3NO3/c1-3-35-27(34)25-15-19(28(30,31)32)14-24(33-25)22-6-4-5-21(22)23-13-17(2)7-12-26(23)36-16-18-8-10-20(29)11-9-18/h7-15H,3-6,16H2,1-2H3. The zero-order chi connectivity index (χ0) is 25.9. The van der Waals surface area contributed by atoms with Crippen molar-refractivity contribution in [2.45, 2.75) is 45.9 Å². The number of rotatable bonds is 7. The van der Waals surface area contributed by atoms with Gasteiger partial charge < -0.3 is 9.47 Å². The lowest BCUT2D eigenvalue weighted by Gasteiger charge is -2.16. The van der Waals surface area contributed by atoms with Gasteiger partial charge in [-0.05, 0) is 86.2 Å². The molecule has 0 atom stereocenters. The molecule has 1 aliphatic carbocycles. The van der Waals surface area contributed by atoms with Crippen LogP contribution in [0.2, 0.25) is 0 Å². The molecule has 0 radical (unpaired) electrons. The van der Waals surface area contributed by atoms with E-state index < -0.39 is 17.7 Å². The quantitative estimate of drug-likeness (QED) is 0.275. The van der Waals surface area contributed by atoms with Gasteiger partial charge in [0.25, 0.3) is 0 Å². The highest BCUT2D eigenvalue weighted by atomic mass is 79.9. The smallest absolute Gasteiger partial charge is 0.416 e. The van der Waals surface area contributed by atoms with E-state index in [0.717, 1.165) is 45.3 Å². The van der Waals surface area contributed by atoms with Crippen LogP contribution in [-0.2, 0) is 17.5 Å². The summed E-state index contributed by atoms with van der Waals surface area (Å²) in [5.41, 5.74) is 3.25. The van der Waals surface area contributed by atoms with Gasteiger partial charge in [-0.25, -0.2) is 9.78 Å². The summed E-state index contributed by atoms with van der Waals surface area (Å²) in [6, 6.07) is 15.4. The van der Waals surface area contributed by atoms with Gasteiger partial charge in [0.15, 0.2) is 0 Å². The zero-order valence-corrected chi connectivity index (χ0v) is 21.5. The number of nitrogens with zero attached hydrogens (tertiary/aromatic N) is 1. The number of halogens is 4. The fourth-order valence-corrected chi connectivity index (χ4v) is 4.49. The largest absolute Gasteiger partial charge is 0.488 e. The van der Waals surface area contributed by atoms with Crippen molar-refractivity contribution in [3.63, 3.8) is 0 Å². The molecule has 4 rings (SSSR count). The first kappa shape index (κ1) is 25.9. The molecule has 188 valence electrons. The average Bonchev–Trinajstić information content (AvgIpc) is 3.33. The number of pyridine rings is 1. The summed E-state index contributed by atoms with van der Waals surface area (Å²) in [6.45, 7) is 3.94. The van der Waals surface area contributed by atoms with Crippen LogP contribution >= 0.6 is 15.9 Å². The maximum atomic E-state index is 13.7. The fraction of sp³-hybridized carbons (Fsp3) is 0.286. The Morgan fingerprint density at radius 3 is 2.44 bits per heavy atom. The van der Waals surface area contributed by atoms with Crippen LogP contribution < -0.4 is 4.74 Å². The number of allylic oxidation sites excluding steroid dienone is 2. The molecule has 0 fully saturated rings. The summed E-state index contributed by atoms with van der Waals surface area (Å²) >= 11 is 3.42. The molecule has 1 aliphatic rings. The number of hydrogen-bond acceptors (Lipinski definition) is 4. The van der Waals surface area contributed by atoms with Gasteiger partial charge in [-0.15, -0.1) is 0 Å². The number of ether oxygens (including phenoxy) is 2. The molecule has 0 saturated heterocycles. The lowest BCUT2D eigenvalue weighted by Crippen LogP contribution is -2.13. The van der Waals surface area contributed by atoms with Crippen LogP contribution in [0.3, 0.4) is 0 Å². The van der Waals surface area contributed by atoms with Gasteiger partial charge in [0.1, 0.15) is 18.1 Å². The van der Waals surface area contributed by atoms with Crippen LogP contribution in [0.1, 0.15) is 64.6 Å². The Labute approximate surface area is 216 Å². The Balaban J connectivity index is 1.77. The molecule has 0 unspecified atom stereocenters. The maximum Gasteiger partial charge on any atom is 0.416 e. The average molecular weight is 560 g/mol. The third-order valence-electron chi connectivity index (χ3n) is 5.93. The minimum atomic E-state index is -4.62. The number of alkyl halides is 3. The fourth-order valence-electron chi connectivity index (χ4n) is 4.23. The number of benzene rings is 2. The van der Waals surface area contributed by atoms with Crippen molar-refractivity contribution in [3.05, 3.63) is 92.7 Å². The van der Waals surface area contributed by atoms with Crippen LogP contribution in [0, 0.1) is 6.92 Å². The van der Waals surface area contributed by atoms with Crippen LogP contribution in [0.4, 0.5) is 13.2 Å². The van der Waals surface area contributed by atoms with Gasteiger partial charge in [0.2, 0.25) is 0 Å². The van der Waals surface area contributed by atoms with E-state index in [1.54, 1.807) is 6.92 Å². The Morgan fingerprint density at radius 2 is 1.75 bits per heavy atom. The van der Waals surface area contributed by atoms with E-state index in [0.29, 0.717) is 30.8 Å². The van der Waals surface area contributed by atoms with Crippen molar-refractivity contribution in [2.24, 2.45) is 0 Å². The molecule has 36 heavy (non-hydrogen) atoms. The van der Waals surface area contributed by atoms with Crippen LogP contribution in [-0.4, -0.2) is 17.6 Å². The normalized spacial score (nSPS) is 13.7. The third kappa shape index (κ3) is 5.98. The van der Waals surface area contributed by atoms with E-state index in [9.17, 15) is 18.0 Å². The lowest BCUT2D eigenvalue weighted by molar-refractivity contribution is -0.137. The minimum Gasteiger partial charge on any atom is -0.488 e. The highest BCUT2D eigenvalue weighted by molar-refractivity contribution is 9.10. The van der Waals surface area contributed by atoms with Gasteiger partial charge in [-0.3, -0.25) is 0 Å². The van der Waals surface area contributed by atoms with Crippen LogP contribution in [0.5, 0.6) is 5.75 Å². The topological polar surface area (TPSA) is 48.4 Å². The van der Waals surface area contributed by atoms with E-state index >= 15 is 0 Å². The van der Waals surface area contributed by atoms with E-state index in [-0.39, 0.29) is 18.0 Å². The minimum absolute atomic E-state index is 0.0440. The second-order valence-electron chi connectivity index (χ2n) is 8.57. The number of hydrogen-bond donors (Lipinski definition) is 0. The second-order valence-corrected chi connectivity index (χ2v) is 9.49. The summed E-state index contributed by atoms with van der Waals surface area (Å²) in [4.78, 5) is 16.6. The molecule has 3 aromatic rings. The number of aryl methyl sites for hydroxylation is 1. The van der Waals surface area contributed by atoms with Gasteiger partial charge >= 0.3 is 12.1 Å². The summed E-state index contributed by atoms with van der Waals surface area (Å²) in [5.74, 6) is -0.227. The number of carbonyl (C=O) groups is 1. The molecule has 0 amide bonds. The molecule has 0 aliphatic heterocycles. The van der Waals surface area contributed by atoms with Gasteiger partial charge in [-0.1, -0.05) is 39.7 Å². The Morgan fingerprint density at radius 1 is 1.03 bits per heavy atom. The highest BCUT2D eigenvalue weighted by Gasteiger charge is 2.33. The first-order valence-corrected chi connectivity index (χ1v) is 12.4. The molecule has 2 aromatic carbocycles. The van der Waals surface area contributed by atoms with Crippen LogP contribution in [0.15, 0.2) is 59.1 Å². The molecule has 0 spiro atoms. The predicted molar refractivity (Wildman–Crippen MR) is 136 cm³/mol. The second kappa shape index (κ2) is 10.9. The maximum absolute atomic E-state index is 13.7. The molecular formula is C28H25BrF3NO3. The van der Waals surface area contributed by atoms with Crippen molar-refractivity contribution < 1.29 is 27.4 Å². The molecule has 4 nitrogen and oxygen atoms in total. The molecule has 0 saturated carbocycles. The highest BCUT2D eigenvalue weighted by Crippen LogP contribution is 2.44. The van der Waals surface area contributed by atoms with E-state index in [2.05, 4.69) is 20.9 Å². The van der Waals surface area contributed by atoms with E-state index in [1.165, 1.54) is 0 Å². The van der Waals surface area contributed by atoms with E-state index in [1.807, 2.05) is 49.4 Å². The molecule has 0 bridgehead atoms. The van der Waals surface area contributed by atoms with Gasteiger partial charge in [0, 0.05) is 10.0 Å². The number of carbonyl (C=O) groups excluding carboxylic acids is 1. The SMILES string of the molecule is CCOC(=O)c1cc(C(F)(F)F)cc(C2=C(c3cc(C)ccc3OCc3ccc(Br)cc3)CCC2)n1. The Kier molecular flexibility index (Phi) is 7.83. The van der Waals surface area contributed by atoms with Gasteiger partial charge in [-0.2, -0.15) is 13.2 Å². The van der Waals surface area contributed by atoms with Crippen molar-refractivity contribution in [3.8, 4) is 5.75 Å². The zero-order valence-electron chi connectivity index (χ0n) is 19.9. The van der Waals surface area contributed by atoms with Crippen molar-refractivity contribution in [2.75, 3.05) is 6.61 Å². The lowest BCUT2D eigenvalue weighted by atomic mass is 9.96. The van der Waals surface area contributed by atoms with E-state index in [4.69, 9.17) is 9.47 Å². The summed E-state index contributed by atoms with van der Waals surface area (Å²) in [5, 5.41) is 0. The number of aromatic nitrogens is 1. The Bertz CT molecular complexity index is 1300. The first-order valence-electron chi connectivity index (χ1n) is 11.6.